The molecule has 0 radical (unpaired) electrons. The van der Waals surface area contributed by atoms with Gasteiger partial charge in [0.25, 0.3) is 0 Å². The van der Waals surface area contributed by atoms with Gasteiger partial charge < -0.3 is 5.73 Å². The van der Waals surface area contributed by atoms with E-state index >= 15 is 0 Å². The number of rotatable bonds is 6. The minimum atomic E-state index is -0.327. The molecule has 0 aromatic heterocycles. The third-order valence-electron chi connectivity index (χ3n) is 3.57. The first-order valence-electron chi connectivity index (χ1n) is 7.08. The van der Waals surface area contributed by atoms with Crippen molar-refractivity contribution in [1.29, 1.82) is 0 Å². The Kier molecular flexibility index (Phi) is 5.74. The summed E-state index contributed by atoms with van der Waals surface area (Å²) >= 11 is 5.96. The molecule has 0 aliphatic rings. The van der Waals surface area contributed by atoms with Gasteiger partial charge in [0.05, 0.1) is 0 Å². The quantitative estimate of drug-likeness (QED) is 0.874. The number of halogens is 2. The molecule has 0 fully saturated rings. The molecule has 2 rings (SSSR count). The minimum Gasteiger partial charge on any atom is -0.329 e. The Morgan fingerprint density at radius 1 is 1.19 bits per heavy atom. The lowest BCUT2D eigenvalue weighted by Crippen LogP contribution is -2.33. The number of hydrogen-bond donors (Lipinski definition) is 1. The van der Waals surface area contributed by atoms with Gasteiger partial charge in [0.2, 0.25) is 0 Å². The van der Waals surface area contributed by atoms with Gasteiger partial charge >= 0.3 is 0 Å². The SMILES string of the molecule is CCN(Cc1ccccc1)C(CN)c1cc(F)cc(Cl)c1. The van der Waals surface area contributed by atoms with E-state index in [-0.39, 0.29) is 11.9 Å². The molecule has 0 saturated heterocycles. The summed E-state index contributed by atoms with van der Waals surface area (Å²) in [6, 6.07) is 14.7. The predicted molar refractivity (Wildman–Crippen MR) is 85.7 cm³/mol. The summed E-state index contributed by atoms with van der Waals surface area (Å²) < 4.78 is 13.6. The van der Waals surface area contributed by atoms with E-state index in [4.69, 9.17) is 17.3 Å². The predicted octanol–water partition coefficient (Wildman–Crippen LogP) is 4.00. The van der Waals surface area contributed by atoms with Crippen LogP contribution >= 0.6 is 11.6 Å². The smallest absolute Gasteiger partial charge is 0.125 e. The Labute approximate surface area is 130 Å². The summed E-state index contributed by atoms with van der Waals surface area (Å²) in [6.45, 7) is 4.09. The number of nitrogens with two attached hydrogens (primary N) is 1. The van der Waals surface area contributed by atoms with Crippen molar-refractivity contribution < 1.29 is 4.39 Å². The largest absolute Gasteiger partial charge is 0.329 e. The first-order chi connectivity index (χ1) is 10.1. The van der Waals surface area contributed by atoms with Gasteiger partial charge in [-0.1, -0.05) is 48.9 Å². The van der Waals surface area contributed by atoms with Crippen molar-refractivity contribution in [3.8, 4) is 0 Å². The van der Waals surface area contributed by atoms with Gasteiger partial charge in [0, 0.05) is 24.2 Å². The van der Waals surface area contributed by atoms with E-state index in [1.54, 1.807) is 6.07 Å². The van der Waals surface area contributed by atoms with Crippen LogP contribution in [0.1, 0.15) is 24.1 Å². The van der Waals surface area contributed by atoms with E-state index in [9.17, 15) is 4.39 Å². The maximum absolute atomic E-state index is 13.6. The van der Waals surface area contributed by atoms with Crippen LogP contribution in [-0.2, 0) is 6.54 Å². The molecule has 4 heteroatoms. The third kappa shape index (κ3) is 4.27. The lowest BCUT2D eigenvalue weighted by Gasteiger charge is -2.30. The molecule has 0 spiro atoms. The molecule has 0 bridgehead atoms. The summed E-state index contributed by atoms with van der Waals surface area (Å²) in [7, 11) is 0. The van der Waals surface area contributed by atoms with Gasteiger partial charge in [0.15, 0.2) is 0 Å². The Hall–Kier alpha value is -1.42. The third-order valence-corrected chi connectivity index (χ3v) is 3.79. The molecule has 2 aromatic carbocycles. The summed E-state index contributed by atoms with van der Waals surface area (Å²) in [6.07, 6.45) is 0. The van der Waals surface area contributed by atoms with Crippen molar-refractivity contribution in [2.75, 3.05) is 13.1 Å². The highest BCUT2D eigenvalue weighted by molar-refractivity contribution is 6.30. The van der Waals surface area contributed by atoms with Gasteiger partial charge in [-0.25, -0.2) is 4.39 Å². The van der Waals surface area contributed by atoms with Crippen LogP contribution in [-0.4, -0.2) is 18.0 Å². The van der Waals surface area contributed by atoms with Crippen molar-refractivity contribution in [2.24, 2.45) is 5.73 Å². The molecule has 0 aliphatic carbocycles. The molecule has 21 heavy (non-hydrogen) atoms. The second-order valence-electron chi connectivity index (χ2n) is 5.00. The van der Waals surface area contributed by atoms with Crippen LogP contribution in [0.25, 0.3) is 0 Å². The summed E-state index contributed by atoms with van der Waals surface area (Å²) in [5.74, 6) is -0.327. The summed E-state index contributed by atoms with van der Waals surface area (Å²) in [5, 5.41) is 0.402. The van der Waals surface area contributed by atoms with Crippen molar-refractivity contribution in [3.63, 3.8) is 0 Å². The zero-order valence-corrected chi connectivity index (χ0v) is 12.9. The minimum absolute atomic E-state index is 0.0524. The molecule has 112 valence electrons. The Bertz CT molecular complexity index is 554. The molecule has 1 atom stereocenters. The second kappa shape index (κ2) is 7.55. The van der Waals surface area contributed by atoms with Crippen molar-refractivity contribution >= 4 is 11.6 Å². The monoisotopic (exact) mass is 306 g/mol. The Balaban J connectivity index is 2.24. The molecule has 0 aliphatic heterocycles. The highest BCUT2D eigenvalue weighted by Gasteiger charge is 2.19. The van der Waals surface area contributed by atoms with Crippen molar-refractivity contribution in [2.45, 2.75) is 19.5 Å². The summed E-state index contributed by atoms with van der Waals surface area (Å²) in [5.41, 5.74) is 7.96. The molecule has 2 nitrogen and oxygen atoms in total. The van der Waals surface area contributed by atoms with E-state index in [2.05, 4.69) is 24.0 Å². The van der Waals surface area contributed by atoms with E-state index in [0.29, 0.717) is 11.6 Å². The molecule has 0 heterocycles. The maximum Gasteiger partial charge on any atom is 0.125 e. The van der Waals surface area contributed by atoms with Crippen LogP contribution in [0.3, 0.4) is 0 Å². The van der Waals surface area contributed by atoms with Gasteiger partial charge in [0.1, 0.15) is 5.82 Å². The molecule has 2 N–H and O–H groups in total. The van der Waals surface area contributed by atoms with Crippen LogP contribution in [0.5, 0.6) is 0 Å². The van der Waals surface area contributed by atoms with Crippen LogP contribution in [0, 0.1) is 5.82 Å². The van der Waals surface area contributed by atoms with E-state index < -0.39 is 0 Å². The molecule has 0 saturated carbocycles. The van der Waals surface area contributed by atoms with Gasteiger partial charge in [-0.15, -0.1) is 0 Å². The molecular weight excluding hydrogens is 287 g/mol. The lowest BCUT2D eigenvalue weighted by atomic mass is 10.0. The summed E-state index contributed by atoms with van der Waals surface area (Å²) in [4.78, 5) is 2.22. The van der Waals surface area contributed by atoms with Crippen molar-refractivity contribution in [3.05, 3.63) is 70.5 Å². The van der Waals surface area contributed by atoms with Crippen LogP contribution in [0.15, 0.2) is 48.5 Å². The first kappa shape index (κ1) is 16.0. The first-order valence-corrected chi connectivity index (χ1v) is 7.46. The Morgan fingerprint density at radius 3 is 2.48 bits per heavy atom. The highest BCUT2D eigenvalue weighted by atomic mass is 35.5. The van der Waals surface area contributed by atoms with Gasteiger partial charge in [-0.2, -0.15) is 0 Å². The van der Waals surface area contributed by atoms with E-state index in [1.807, 2.05) is 18.2 Å². The van der Waals surface area contributed by atoms with Crippen LogP contribution < -0.4 is 5.73 Å². The van der Waals surface area contributed by atoms with Crippen molar-refractivity contribution in [1.82, 2.24) is 4.90 Å². The topological polar surface area (TPSA) is 29.3 Å². The molecule has 2 aromatic rings. The maximum atomic E-state index is 13.6. The highest BCUT2D eigenvalue weighted by Crippen LogP contribution is 2.25. The standard InChI is InChI=1S/C17H20ClFN2/c1-2-21(12-13-6-4-3-5-7-13)17(11-20)14-8-15(18)10-16(19)9-14/h3-10,17H,2,11-12,20H2,1H3. The van der Waals surface area contributed by atoms with Crippen LogP contribution in [0.2, 0.25) is 5.02 Å². The van der Waals surface area contributed by atoms with Gasteiger partial charge in [-0.3, -0.25) is 4.90 Å². The fraction of sp³-hybridized carbons (Fsp3) is 0.294. The number of hydrogen-bond acceptors (Lipinski definition) is 2. The number of likely N-dealkylation sites (N-methyl/N-ethyl adjacent to an activating group) is 1. The van der Waals surface area contributed by atoms with Crippen LogP contribution in [0.4, 0.5) is 4.39 Å². The fourth-order valence-electron chi connectivity index (χ4n) is 2.52. The number of nitrogens with zero attached hydrogens (tertiary/aromatic N) is 1. The molecular formula is C17H20ClFN2. The lowest BCUT2D eigenvalue weighted by molar-refractivity contribution is 0.203. The average Bonchev–Trinajstić information content (AvgIpc) is 2.47. The average molecular weight is 307 g/mol. The normalized spacial score (nSPS) is 12.6. The second-order valence-corrected chi connectivity index (χ2v) is 5.44. The molecule has 0 amide bonds. The molecule has 1 unspecified atom stereocenters. The Morgan fingerprint density at radius 2 is 1.90 bits per heavy atom. The fourth-order valence-corrected chi connectivity index (χ4v) is 2.75. The van der Waals surface area contributed by atoms with E-state index in [1.165, 1.54) is 17.7 Å². The number of benzene rings is 2. The van der Waals surface area contributed by atoms with Gasteiger partial charge in [-0.05, 0) is 35.9 Å². The zero-order valence-electron chi connectivity index (χ0n) is 12.1. The zero-order chi connectivity index (χ0) is 15.2. The van der Waals surface area contributed by atoms with E-state index in [0.717, 1.165) is 18.7 Å².